The van der Waals surface area contributed by atoms with Gasteiger partial charge in [0.15, 0.2) is 0 Å². The van der Waals surface area contributed by atoms with E-state index in [4.69, 9.17) is 10.5 Å². The maximum Gasteiger partial charge on any atom is 0.229 e. The van der Waals surface area contributed by atoms with Gasteiger partial charge < -0.3 is 26.0 Å². The van der Waals surface area contributed by atoms with E-state index in [1.54, 1.807) is 0 Å². The zero-order valence-corrected chi connectivity index (χ0v) is 16.1. The van der Waals surface area contributed by atoms with Gasteiger partial charge in [0.25, 0.3) is 0 Å². The van der Waals surface area contributed by atoms with Crippen molar-refractivity contribution in [1.29, 1.82) is 0 Å². The fourth-order valence-corrected chi connectivity index (χ4v) is 3.61. The molecule has 1 aromatic heterocycles. The highest BCUT2D eigenvalue weighted by molar-refractivity contribution is 6.01. The lowest BCUT2D eigenvalue weighted by Gasteiger charge is -2.30. The van der Waals surface area contributed by atoms with Crippen LogP contribution in [0.2, 0.25) is 0 Å². The molecule has 0 radical (unpaired) electrons. The molecule has 9 nitrogen and oxygen atoms in total. The summed E-state index contributed by atoms with van der Waals surface area (Å²) in [5, 5.41) is 5.65. The van der Waals surface area contributed by atoms with Crippen molar-refractivity contribution in [1.82, 2.24) is 15.3 Å². The molecule has 1 aromatic carbocycles. The number of hydrogen-bond donors (Lipinski definition) is 3. The van der Waals surface area contributed by atoms with Crippen LogP contribution in [0.5, 0.6) is 0 Å². The predicted octanol–water partition coefficient (Wildman–Crippen LogP) is 0.680. The second-order valence-corrected chi connectivity index (χ2v) is 7.10. The minimum Gasteiger partial charge on any atom is -0.383 e. The van der Waals surface area contributed by atoms with E-state index >= 15 is 0 Å². The van der Waals surface area contributed by atoms with Crippen LogP contribution < -0.4 is 21.3 Å². The molecule has 2 amide bonds. The van der Waals surface area contributed by atoms with Crippen molar-refractivity contribution in [3.63, 3.8) is 0 Å². The summed E-state index contributed by atoms with van der Waals surface area (Å²) in [7, 11) is 0. The summed E-state index contributed by atoms with van der Waals surface area (Å²) in [6, 6.07) is 9.89. The van der Waals surface area contributed by atoms with Gasteiger partial charge in [-0.15, -0.1) is 0 Å². The molecule has 2 aromatic rings. The lowest BCUT2D eigenvalue weighted by Crippen LogP contribution is -2.39. The van der Waals surface area contributed by atoms with E-state index in [-0.39, 0.29) is 24.1 Å². The van der Waals surface area contributed by atoms with Crippen LogP contribution in [0.15, 0.2) is 30.3 Å². The molecule has 0 aliphatic carbocycles. The summed E-state index contributed by atoms with van der Waals surface area (Å²) in [6.45, 7) is 2.94. The zero-order chi connectivity index (χ0) is 20.2. The Morgan fingerprint density at radius 1 is 1.24 bits per heavy atom. The lowest BCUT2D eigenvalue weighted by atomic mass is 9.92. The molecular weight excluding hydrogens is 372 g/mol. The Balaban J connectivity index is 1.50. The van der Waals surface area contributed by atoms with Gasteiger partial charge in [0.1, 0.15) is 11.6 Å². The third-order valence-corrected chi connectivity index (χ3v) is 5.13. The Labute approximate surface area is 168 Å². The molecule has 0 bridgehead atoms. The number of anilines is 3. The number of morpholine rings is 1. The first-order chi connectivity index (χ1) is 14.1. The fourth-order valence-electron chi connectivity index (χ4n) is 3.61. The third-order valence-electron chi connectivity index (χ3n) is 5.13. The standard InChI is InChI=1S/C20H24N6O3/c21-17-16-14(19(28)22-7-6-13-4-2-1-3-5-13)12-15(27)23-18(16)25-20(24-17)26-8-10-29-11-9-26/h1-5,14H,6-12H2,(H,22,28)(H3,21,23,24,25,27). The van der Waals surface area contributed by atoms with Crippen molar-refractivity contribution in [2.24, 2.45) is 0 Å². The molecule has 4 N–H and O–H groups in total. The van der Waals surface area contributed by atoms with Gasteiger partial charge in [-0.25, -0.2) is 0 Å². The normalized spacial score (nSPS) is 18.7. The van der Waals surface area contributed by atoms with Crippen LogP contribution in [0.25, 0.3) is 0 Å². The zero-order valence-electron chi connectivity index (χ0n) is 16.1. The molecule has 152 valence electrons. The number of carbonyl (C=O) groups excluding carboxylic acids is 2. The van der Waals surface area contributed by atoms with Crippen LogP contribution in [-0.2, 0) is 20.7 Å². The van der Waals surface area contributed by atoms with Crippen molar-refractivity contribution < 1.29 is 14.3 Å². The van der Waals surface area contributed by atoms with Gasteiger partial charge in [-0.2, -0.15) is 9.97 Å². The molecule has 9 heteroatoms. The molecule has 4 rings (SSSR count). The van der Waals surface area contributed by atoms with Crippen LogP contribution in [0.3, 0.4) is 0 Å². The van der Waals surface area contributed by atoms with Crippen LogP contribution in [-0.4, -0.2) is 54.6 Å². The van der Waals surface area contributed by atoms with Gasteiger partial charge >= 0.3 is 0 Å². The maximum absolute atomic E-state index is 12.8. The number of aromatic nitrogens is 2. The Kier molecular flexibility index (Phi) is 5.57. The van der Waals surface area contributed by atoms with Gasteiger partial charge in [0.05, 0.1) is 24.7 Å². The summed E-state index contributed by atoms with van der Waals surface area (Å²) < 4.78 is 5.35. The summed E-state index contributed by atoms with van der Waals surface area (Å²) in [5.41, 5.74) is 7.82. The Morgan fingerprint density at radius 3 is 2.76 bits per heavy atom. The molecule has 0 saturated carbocycles. The quantitative estimate of drug-likeness (QED) is 0.679. The van der Waals surface area contributed by atoms with Crippen molar-refractivity contribution in [2.45, 2.75) is 18.8 Å². The average Bonchev–Trinajstić information content (AvgIpc) is 2.74. The average molecular weight is 396 g/mol. The summed E-state index contributed by atoms with van der Waals surface area (Å²) >= 11 is 0. The minimum absolute atomic E-state index is 0.0225. The van der Waals surface area contributed by atoms with Gasteiger partial charge in [-0.1, -0.05) is 30.3 Å². The van der Waals surface area contributed by atoms with Gasteiger partial charge in [0, 0.05) is 26.1 Å². The van der Waals surface area contributed by atoms with Crippen LogP contribution >= 0.6 is 0 Å². The maximum atomic E-state index is 12.8. The second-order valence-electron chi connectivity index (χ2n) is 7.10. The molecule has 0 spiro atoms. The highest BCUT2D eigenvalue weighted by atomic mass is 16.5. The lowest BCUT2D eigenvalue weighted by molar-refractivity contribution is -0.126. The van der Waals surface area contributed by atoms with E-state index in [1.807, 2.05) is 35.2 Å². The number of benzene rings is 1. The SMILES string of the molecule is Nc1nc(N2CCOCC2)nc2c1C(C(=O)NCCc1ccccc1)CC(=O)N2. The summed E-state index contributed by atoms with van der Waals surface area (Å²) in [4.78, 5) is 35.8. The van der Waals surface area contributed by atoms with E-state index in [2.05, 4.69) is 20.6 Å². The van der Waals surface area contributed by atoms with Crippen molar-refractivity contribution in [2.75, 3.05) is 48.8 Å². The van der Waals surface area contributed by atoms with E-state index < -0.39 is 5.92 Å². The number of hydrogen-bond acceptors (Lipinski definition) is 7. The monoisotopic (exact) mass is 396 g/mol. The number of nitrogen functional groups attached to an aromatic ring is 1. The smallest absolute Gasteiger partial charge is 0.229 e. The molecule has 2 aliphatic heterocycles. The van der Waals surface area contributed by atoms with E-state index in [9.17, 15) is 9.59 Å². The molecular formula is C20H24N6O3. The third kappa shape index (κ3) is 4.29. The highest BCUT2D eigenvalue weighted by Gasteiger charge is 2.35. The first-order valence-corrected chi connectivity index (χ1v) is 9.73. The van der Waals surface area contributed by atoms with Gasteiger partial charge in [0.2, 0.25) is 17.8 Å². The highest BCUT2D eigenvalue weighted by Crippen LogP contribution is 2.36. The van der Waals surface area contributed by atoms with Crippen LogP contribution in [0.4, 0.5) is 17.6 Å². The number of nitrogens with two attached hydrogens (primary N) is 1. The Morgan fingerprint density at radius 2 is 2.00 bits per heavy atom. The van der Waals surface area contributed by atoms with Crippen LogP contribution in [0, 0.1) is 0 Å². The number of nitrogens with zero attached hydrogens (tertiary/aromatic N) is 3. The van der Waals surface area contributed by atoms with Crippen molar-refractivity contribution in [3.8, 4) is 0 Å². The molecule has 1 unspecified atom stereocenters. The number of rotatable bonds is 5. The molecule has 2 aliphatic rings. The summed E-state index contributed by atoms with van der Waals surface area (Å²) in [5.74, 6) is -0.223. The number of nitrogens with one attached hydrogen (secondary N) is 2. The molecule has 1 atom stereocenters. The molecule has 3 heterocycles. The molecule has 1 fully saturated rings. The number of amides is 2. The van der Waals surface area contributed by atoms with Gasteiger partial charge in [-0.3, -0.25) is 9.59 Å². The first kappa shape index (κ1) is 19.1. The van der Waals surface area contributed by atoms with E-state index in [1.165, 1.54) is 0 Å². The van der Waals surface area contributed by atoms with E-state index in [0.29, 0.717) is 56.6 Å². The van der Waals surface area contributed by atoms with Crippen molar-refractivity contribution >= 4 is 29.4 Å². The minimum atomic E-state index is -0.701. The van der Waals surface area contributed by atoms with E-state index in [0.717, 1.165) is 5.56 Å². The fraction of sp³-hybridized carbons (Fsp3) is 0.400. The Hall–Kier alpha value is -3.20. The number of carbonyl (C=O) groups is 2. The topological polar surface area (TPSA) is 122 Å². The first-order valence-electron chi connectivity index (χ1n) is 9.73. The number of fused-ring (bicyclic) bond motifs is 1. The summed E-state index contributed by atoms with van der Waals surface area (Å²) in [6.07, 6.45) is 0.731. The molecule has 29 heavy (non-hydrogen) atoms. The largest absolute Gasteiger partial charge is 0.383 e. The molecule has 1 saturated heterocycles. The van der Waals surface area contributed by atoms with Gasteiger partial charge in [-0.05, 0) is 12.0 Å². The Bertz CT molecular complexity index is 899. The number of ether oxygens (including phenoxy) is 1. The van der Waals surface area contributed by atoms with Crippen molar-refractivity contribution in [3.05, 3.63) is 41.5 Å². The predicted molar refractivity (Wildman–Crippen MR) is 109 cm³/mol. The second kappa shape index (κ2) is 8.44. The van der Waals surface area contributed by atoms with Crippen LogP contribution in [0.1, 0.15) is 23.5 Å².